The number of nitrogens with two attached hydrogens (primary N) is 1. The van der Waals surface area contributed by atoms with Crippen molar-refractivity contribution in [3.63, 3.8) is 0 Å². The van der Waals surface area contributed by atoms with Gasteiger partial charge in [-0.15, -0.1) is 0 Å². The van der Waals surface area contributed by atoms with Crippen molar-refractivity contribution >= 4 is 21.4 Å². The van der Waals surface area contributed by atoms with Gasteiger partial charge in [0, 0.05) is 23.5 Å². The molecule has 1 rings (SSSR count). The maximum Gasteiger partial charge on any atom is 0.251 e. The average Bonchev–Trinajstić information content (AvgIpc) is 2.34. The Morgan fingerprint density at radius 2 is 2.00 bits per heavy atom. The van der Waals surface area contributed by atoms with E-state index in [0.717, 1.165) is 25.5 Å². The van der Waals surface area contributed by atoms with Crippen LogP contribution in [0.1, 0.15) is 43.5 Å². The molecule has 0 fully saturated rings. The minimum absolute atomic E-state index is 0.0468. The smallest absolute Gasteiger partial charge is 0.251 e. The lowest BCUT2D eigenvalue weighted by molar-refractivity contribution is 0.0938. The first-order valence-electron chi connectivity index (χ1n) is 6.65. The lowest BCUT2D eigenvalue weighted by Gasteiger charge is -2.14. The number of sulfone groups is 1. The molecule has 1 aromatic carbocycles. The summed E-state index contributed by atoms with van der Waals surface area (Å²) in [4.78, 5) is 12.1. The van der Waals surface area contributed by atoms with Crippen LogP contribution in [-0.2, 0) is 9.84 Å². The third kappa shape index (κ3) is 4.85. The largest absolute Gasteiger partial charge is 0.399 e. The zero-order valence-electron chi connectivity index (χ0n) is 12.1. The third-order valence-corrected chi connectivity index (χ3v) is 4.08. The van der Waals surface area contributed by atoms with Crippen molar-refractivity contribution in [1.82, 2.24) is 5.32 Å². The number of rotatable bonds is 6. The fourth-order valence-electron chi connectivity index (χ4n) is 1.86. The summed E-state index contributed by atoms with van der Waals surface area (Å²) in [5.74, 6) is -0.300. The molecular formula is C14H22N2O3S. The molecule has 0 aromatic heterocycles. The Balaban J connectivity index is 2.91. The van der Waals surface area contributed by atoms with Crippen LogP contribution in [0, 0.1) is 0 Å². The van der Waals surface area contributed by atoms with E-state index in [9.17, 15) is 13.2 Å². The van der Waals surface area contributed by atoms with E-state index < -0.39 is 9.84 Å². The van der Waals surface area contributed by atoms with Crippen molar-refractivity contribution in [2.75, 3.05) is 12.0 Å². The van der Waals surface area contributed by atoms with Crippen LogP contribution in [0.3, 0.4) is 0 Å². The SMILES string of the molecule is CCCCC(C)NC(=O)c1cc(N)cc(S(C)(=O)=O)c1. The van der Waals surface area contributed by atoms with Crippen LogP contribution in [0.2, 0.25) is 0 Å². The molecule has 1 unspecified atom stereocenters. The minimum atomic E-state index is -3.38. The van der Waals surface area contributed by atoms with Crippen LogP contribution in [0.15, 0.2) is 23.1 Å². The van der Waals surface area contributed by atoms with Crippen molar-refractivity contribution < 1.29 is 13.2 Å². The zero-order chi connectivity index (χ0) is 15.3. The van der Waals surface area contributed by atoms with E-state index in [2.05, 4.69) is 12.2 Å². The fourth-order valence-corrected chi connectivity index (χ4v) is 2.55. The standard InChI is InChI=1S/C14H22N2O3S/c1-4-5-6-10(2)16-14(17)11-7-12(15)9-13(8-11)20(3,18)19/h7-10H,4-6,15H2,1-3H3,(H,16,17). The summed E-state index contributed by atoms with van der Waals surface area (Å²) in [6.45, 7) is 4.02. The van der Waals surface area contributed by atoms with Crippen molar-refractivity contribution in [1.29, 1.82) is 0 Å². The Labute approximate surface area is 120 Å². The highest BCUT2D eigenvalue weighted by Gasteiger charge is 2.14. The molecule has 1 aromatic rings. The van der Waals surface area contributed by atoms with E-state index in [-0.39, 0.29) is 28.1 Å². The van der Waals surface area contributed by atoms with E-state index in [4.69, 9.17) is 5.73 Å². The van der Waals surface area contributed by atoms with E-state index in [1.807, 2.05) is 6.92 Å². The zero-order valence-corrected chi connectivity index (χ0v) is 13.0. The quantitative estimate of drug-likeness (QED) is 0.786. The summed E-state index contributed by atoms with van der Waals surface area (Å²) >= 11 is 0. The van der Waals surface area contributed by atoms with Gasteiger partial charge in [-0.3, -0.25) is 4.79 Å². The second-order valence-corrected chi connectivity index (χ2v) is 7.10. The second-order valence-electron chi connectivity index (χ2n) is 5.08. The molecule has 0 saturated heterocycles. The van der Waals surface area contributed by atoms with Crippen molar-refractivity contribution in [3.8, 4) is 0 Å². The third-order valence-electron chi connectivity index (χ3n) is 2.99. The summed E-state index contributed by atoms with van der Waals surface area (Å²) in [5, 5.41) is 2.85. The molecule has 0 bridgehead atoms. The molecule has 0 spiro atoms. The van der Waals surface area contributed by atoms with Gasteiger partial charge in [-0.1, -0.05) is 19.8 Å². The highest BCUT2D eigenvalue weighted by molar-refractivity contribution is 7.90. The molecule has 0 saturated carbocycles. The van der Waals surface area contributed by atoms with Gasteiger partial charge in [0.15, 0.2) is 9.84 Å². The van der Waals surface area contributed by atoms with Gasteiger partial charge >= 0.3 is 0 Å². The minimum Gasteiger partial charge on any atom is -0.399 e. The number of hydrogen-bond donors (Lipinski definition) is 2. The number of carbonyl (C=O) groups is 1. The Morgan fingerprint density at radius 1 is 1.35 bits per heavy atom. The van der Waals surface area contributed by atoms with Gasteiger partial charge in [-0.2, -0.15) is 0 Å². The highest BCUT2D eigenvalue weighted by Crippen LogP contribution is 2.17. The average molecular weight is 298 g/mol. The van der Waals surface area contributed by atoms with Crippen molar-refractivity contribution in [2.24, 2.45) is 0 Å². The van der Waals surface area contributed by atoms with Gasteiger partial charge in [0.1, 0.15) is 0 Å². The Kier molecular flexibility index (Phi) is 5.56. The molecule has 3 N–H and O–H groups in total. The maximum atomic E-state index is 12.1. The lowest BCUT2D eigenvalue weighted by atomic mass is 10.1. The summed E-state index contributed by atoms with van der Waals surface area (Å²) in [6.07, 6.45) is 4.08. The number of benzene rings is 1. The predicted molar refractivity (Wildman–Crippen MR) is 80.4 cm³/mol. The van der Waals surface area contributed by atoms with Crippen LogP contribution < -0.4 is 11.1 Å². The lowest BCUT2D eigenvalue weighted by Crippen LogP contribution is -2.32. The Hall–Kier alpha value is -1.56. The Morgan fingerprint density at radius 3 is 2.55 bits per heavy atom. The van der Waals surface area contributed by atoms with Crippen molar-refractivity contribution in [3.05, 3.63) is 23.8 Å². The van der Waals surface area contributed by atoms with Crippen molar-refractivity contribution in [2.45, 2.75) is 44.0 Å². The van der Waals surface area contributed by atoms with Crippen LogP contribution in [0.4, 0.5) is 5.69 Å². The number of nitrogens with one attached hydrogen (secondary N) is 1. The van der Waals surface area contributed by atoms with E-state index in [1.165, 1.54) is 18.2 Å². The summed E-state index contributed by atoms with van der Waals surface area (Å²) in [5.41, 5.74) is 6.20. The van der Waals surface area contributed by atoms with Gasteiger partial charge < -0.3 is 11.1 Å². The first-order chi connectivity index (χ1) is 9.24. The highest BCUT2D eigenvalue weighted by atomic mass is 32.2. The molecule has 1 atom stereocenters. The van der Waals surface area contributed by atoms with E-state index in [1.54, 1.807) is 0 Å². The molecule has 0 aliphatic carbocycles. The van der Waals surface area contributed by atoms with Crippen LogP contribution in [-0.4, -0.2) is 26.6 Å². The monoisotopic (exact) mass is 298 g/mol. The molecule has 112 valence electrons. The van der Waals surface area contributed by atoms with Crippen LogP contribution >= 0.6 is 0 Å². The van der Waals surface area contributed by atoms with Crippen LogP contribution in [0.5, 0.6) is 0 Å². The number of hydrogen-bond acceptors (Lipinski definition) is 4. The van der Waals surface area contributed by atoms with Gasteiger partial charge in [0.25, 0.3) is 5.91 Å². The topological polar surface area (TPSA) is 89.3 Å². The maximum absolute atomic E-state index is 12.1. The fraction of sp³-hybridized carbons (Fsp3) is 0.500. The summed E-state index contributed by atoms with van der Waals surface area (Å²) < 4.78 is 23.1. The molecular weight excluding hydrogens is 276 g/mol. The molecule has 6 heteroatoms. The van der Waals surface area contributed by atoms with Gasteiger partial charge in [0.2, 0.25) is 0 Å². The molecule has 5 nitrogen and oxygen atoms in total. The van der Waals surface area contributed by atoms with E-state index in [0.29, 0.717) is 0 Å². The van der Waals surface area contributed by atoms with Gasteiger partial charge in [0.05, 0.1) is 4.90 Å². The number of unbranched alkanes of at least 4 members (excludes halogenated alkanes) is 1. The molecule has 20 heavy (non-hydrogen) atoms. The molecule has 0 aliphatic rings. The molecule has 0 radical (unpaired) electrons. The first-order valence-corrected chi connectivity index (χ1v) is 8.54. The first kappa shape index (κ1) is 16.5. The molecule has 0 aliphatic heterocycles. The van der Waals surface area contributed by atoms with Gasteiger partial charge in [-0.25, -0.2) is 8.42 Å². The number of amides is 1. The number of carbonyl (C=O) groups excluding carboxylic acids is 1. The van der Waals surface area contributed by atoms with E-state index >= 15 is 0 Å². The summed E-state index contributed by atoms with van der Waals surface area (Å²) in [6, 6.07) is 4.24. The van der Waals surface area contributed by atoms with Crippen LogP contribution in [0.25, 0.3) is 0 Å². The van der Waals surface area contributed by atoms with Gasteiger partial charge in [-0.05, 0) is 31.5 Å². The second kappa shape index (κ2) is 6.74. The number of nitrogen functional groups attached to an aromatic ring is 1. The predicted octanol–water partition coefficient (Wildman–Crippen LogP) is 1.98. The Bertz CT molecular complexity index is 582. The molecule has 1 amide bonds. The summed E-state index contributed by atoms with van der Waals surface area (Å²) in [7, 11) is -3.38. The number of anilines is 1. The normalized spacial score (nSPS) is 12.9. The molecule has 0 heterocycles.